The first-order chi connectivity index (χ1) is 27.5. The first-order valence-corrected chi connectivity index (χ1v) is 22.1. The molecule has 336 valence electrons. The van der Waals surface area contributed by atoms with E-state index < -0.39 is 92.7 Å². The molecule has 2 rings (SSSR count). The highest BCUT2D eigenvalue weighted by molar-refractivity contribution is 5.70. The Hall–Kier alpha value is -1.50. The Morgan fingerprint density at radius 1 is 0.491 bits per heavy atom. The molecule has 0 aromatic rings. The lowest BCUT2D eigenvalue weighted by atomic mass is 9.98. The number of esters is 2. The van der Waals surface area contributed by atoms with Crippen LogP contribution in [0.5, 0.6) is 0 Å². The summed E-state index contributed by atoms with van der Waals surface area (Å²) in [5.74, 6) is -0.923. The van der Waals surface area contributed by atoms with Crippen LogP contribution < -0.4 is 0 Å². The van der Waals surface area contributed by atoms with Gasteiger partial charge in [0.15, 0.2) is 18.7 Å². The number of aliphatic hydroxyl groups is 7. The standard InChI is InChI=1S/C42H78O15/c1-3-5-7-9-11-13-14-15-16-17-19-21-23-25-34(45)55-30(27-52-33(44)24-22-20-18-12-10-8-6-4-2)28-53-41-40(51)38(49)36(47)32(57-41)29-54-42-39(50)37(48)35(46)31(26-43)56-42/h30-32,35-43,46-51H,3-29H2,1-2H3/t30-,31+,32+,35+,36+,37+,38+,39-,40+,41-,42+/m1/s1. The van der Waals surface area contributed by atoms with E-state index >= 15 is 0 Å². The van der Waals surface area contributed by atoms with E-state index in [0.717, 1.165) is 38.5 Å². The Balaban J connectivity index is 1.86. The zero-order valence-electron chi connectivity index (χ0n) is 34.8. The lowest BCUT2D eigenvalue weighted by Gasteiger charge is -2.42. The molecule has 2 aliphatic heterocycles. The van der Waals surface area contributed by atoms with Gasteiger partial charge in [0.2, 0.25) is 0 Å². The van der Waals surface area contributed by atoms with Crippen LogP contribution in [0.3, 0.4) is 0 Å². The van der Waals surface area contributed by atoms with Crippen molar-refractivity contribution in [2.75, 3.05) is 26.4 Å². The molecule has 0 saturated carbocycles. The van der Waals surface area contributed by atoms with Gasteiger partial charge in [-0.2, -0.15) is 0 Å². The van der Waals surface area contributed by atoms with Crippen LogP contribution in [-0.2, 0) is 38.0 Å². The molecule has 2 aliphatic rings. The van der Waals surface area contributed by atoms with Crippen molar-refractivity contribution in [1.82, 2.24) is 0 Å². The van der Waals surface area contributed by atoms with Crippen LogP contribution in [0.2, 0.25) is 0 Å². The molecular weight excluding hydrogens is 744 g/mol. The number of carbonyl (C=O) groups excluding carboxylic acids is 2. The third-order valence-corrected chi connectivity index (χ3v) is 10.8. The van der Waals surface area contributed by atoms with Gasteiger partial charge >= 0.3 is 11.9 Å². The molecule has 15 heteroatoms. The first kappa shape index (κ1) is 51.6. The number of hydrogen-bond donors (Lipinski definition) is 7. The van der Waals surface area contributed by atoms with Crippen LogP contribution >= 0.6 is 0 Å². The van der Waals surface area contributed by atoms with Gasteiger partial charge in [0, 0.05) is 12.8 Å². The maximum Gasteiger partial charge on any atom is 0.306 e. The van der Waals surface area contributed by atoms with Gasteiger partial charge in [0.1, 0.15) is 55.4 Å². The van der Waals surface area contributed by atoms with Crippen molar-refractivity contribution in [2.45, 2.75) is 229 Å². The van der Waals surface area contributed by atoms with Crippen LogP contribution in [0.1, 0.15) is 162 Å². The number of rotatable bonds is 33. The van der Waals surface area contributed by atoms with Gasteiger partial charge in [-0.3, -0.25) is 9.59 Å². The Kier molecular flexibility index (Phi) is 28.4. The molecule has 2 saturated heterocycles. The minimum Gasteiger partial charge on any atom is -0.462 e. The Morgan fingerprint density at radius 2 is 0.895 bits per heavy atom. The molecule has 0 spiro atoms. The van der Waals surface area contributed by atoms with Gasteiger partial charge in [-0.25, -0.2) is 0 Å². The second kappa shape index (κ2) is 31.4. The topological polar surface area (TPSA) is 231 Å². The van der Waals surface area contributed by atoms with Gasteiger partial charge in [-0.05, 0) is 12.8 Å². The van der Waals surface area contributed by atoms with Gasteiger partial charge in [0.25, 0.3) is 0 Å². The summed E-state index contributed by atoms with van der Waals surface area (Å²) in [5, 5.41) is 71.7. The quantitative estimate of drug-likeness (QED) is 0.0365. The molecule has 0 radical (unpaired) electrons. The number of hydrogen-bond acceptors (Lipinski definition) is 15. The highest BCUT2D eigenvalue weighted by Crippen LogP contribution is 2.26. The normalized spacial score (nSPS) is 28.3. The van der Waals surface area contributed by atoms with Gasteiger partial charge < -0.3 is 64.2 Å². The van der Waals surface area contributed by atoms with Crippen LogP contribution in [-0.4, -0.2) is 142 Å². The number of carbonyl (C=O) groups is 2. The van der Waals surface area contributed by atoms with E-state index in [9.17, 15) is 45.3 Å². The van der Waals surface area contributed by atoms with Crippen LogP contribution in [0, 0.1) is 0 Å². The minimum absolute atomic E-state index is 0.172. The molecule has 15 nitrogen and oxygen atoms in total. The van der Waals surface area contributed by atoms with Crippen molar-refractivity contribution in [3.8, 4) is 0 Å². The monoisotopic (exact) mass is 823 g/mol. The highest BCUT2D eigenvalue weighted by atomic mass is 16.7. The number of unbranched alkanes of at least 4 members (excludes halogenated alkanes) is 19. The van der Waals surface area contributed by atoms with E-state index in [1.165, 1.54) is 83.5 Å². The van der Waals surface area contributed by atoms with Crippen LogP contribution in [0.4, 0.5) is 0 Å². The maximum atomic E-state index is 12.9. The number of aliphatic hydroxyl groups excluding tert-OH is 7. The fourth-order valence-electron chi connectivity index (χ4n) is 7.10. The van der Waals surface area contributed by atoms with Crippen molar-refractivity contribution in [3.63, 3.8) is 0 Å². The molecule has 11 atom stereocenters. The molecule has 0 aromatic heterocycles. The average molecular weight is 823 g/mol. The molecule has 0 aliphatic carbocycles. The zero-order chi connectivity index (χ0) is 41.8. The van der Waals surface area contributed by atoms with E-state index in [1.54, 1.807) is 0 Å². The minimum atomic E-state index is -1.76. The van der Waals surface area contributed by atoms with E-state index in [2.05, 4.69) is 13.8 Å². The third-order valence-electron chi connectivity index (χ3n) is 10.8. The molecular formula is C42H78O15. The Labute approximate surface area is 340 Å². The predicted octanol–water partition coefficient (Wildman–Crippen LogP) is 4.09. The fourth-order valence-corrected chi connectivity index (χ4v) is 7.10. The fraction of sp³-hybridized carbons (Fsp3) is 0.952. The van der Waals surface area contributed by atoms with Crippen LogP contribution in [0.25, 0.3) is 0 Å². The summed E-state index contributed by atoms with van der Waals surface area (Å²) in [6, 6.07) is 0. The van der Waals surface area contributed by atoms with Crippen molar-refractivity contribution in [3.05, 3.63) is 0 Å². The summed E-state index contributed by atoms with van der Waals surface area (Å²) >= 11 is 0. The molecule has 0 unspecified atom stereocenters. The molecule has 7 N–H and O–H groups in total. The zero-order valence-corrected chi connectivity index (χ0v) is 34.8. The van der Waals surface area contributed by atoms with E-state index in [0.29, 0.717) is 12.8 Å². The van der Waals surface area contributed by atoms with Crippen molar-refractivity contribution in [2.24, 2.45) is 0 Å². The van der Waals surface area contributed by atoms with Gasteiger partial charge in [0.05, 0.1) is 19.8 Å². The lowest BCUT2D eigenvalue weighted by molar-refractivity contribution is -0.332. The summed E-state index contributed by atoms with van der Waals surface area (Å²) in [7, 11) is 0. The van der Waals surface area contributed by atoms with Crippen molar-refractivity contribution >= 4 is 11.9 Å². The Bertz CT molecular complexity index is 1020. The predicted molar refractivity (Wildman–Crippen MR) is 211 cm³/mol. The average Bonchev–Trinajstić information content (AvgIpc) is 3.20. The second-order valence-electron chi connectivity index (χ2n) is 15.9. The molecule has 0 bridgehead atoms. The summed E-state index contributed by atoms with van der Waals surface area (Å²) in [6.07, 6.45) is 7.38. The highest BCUT2D eigenvalue weighted by Gasteiger charge is 2.47. The summed E-state index contributed by atoms with van der Waals surface area (Å²) in [4.78, 5) is 25.5. The Morgan fingerprint density at radius 3 is 1.37 bits per heavy atom. The summed E-state index contributed by atoms with van der Waals surface area (Å²) in [6.45, 7) is 2.54. The van der Waals surface area contributed by atoms with E-state index in [4.69, 9.17) is 28.4 Å². The molecule has 0 aromatic carbocycles. The largest absolute Gasteiger partial charge is 0.462 e. The van der Waals surface area contributed by atoms with Crippen LogP contribution in [0.15, 0.2) is 0 Å². The van der Waals surface area contributed by atoms with Gasteiger partial charge in [-0.15, -0.1) is 0 Å². The molecule has 57 heavy (non-hydrogen) atoms. The van der Waals surface area contributed by atoms with Gasteiger partial charge in [-0.1, -0.05) is 136 Å². The molecule has 2 heterocycles. The lowest BCUT2D eigenvalue weighted by Crippen LogP contribution is -2.61. The maximum absolute atomic E-state index is 12.9. The smallest absolute Gasteiger partial charge is 0.306 e. The summed E-state index contributed by atoms with van der Waals surface area (Å²) < 4.78 is 33.4. The second-order valence-corrected chi connectivity index (χ2v) is 15.9. The third kappa shape index (κ3) is 21.0. The van der Waals surface area contributed by atoms with E-state index in [1.807, 2.05) is 0 Å². The van der Waals surface area contributed by atoms with Crippen molar-refractivity contribution < 1.29 is 73.8 Å². The van der Waals surface area contributed by atoms with E-state index in [-0.39, 0.29) is 26.1 Å². The molecule has 2 fully saturated rings. The van der Waals surface area contributed by atoms with Crippen molar-refractivity contribution in [1.29, 1.82) is 0 Å². The summed E-state index contributed by atoms with van der Waals surface area (Å²) in [5.41, 5.74) is 0. The first-order valence-electron chi connectivity index (χ1n) is 22.1. The molecule has 0 amide bonds. The number of ether oxygens (including phenoxy) is 6. The SMILES string of the molecule is CCCCCCCCCCCCCCCC(=O)O[C@H](COC(=O)CCCCCCCCCC)CO[C@@H]1O[C@@H](CO[C@H]2O[C@@H](CO)[C@H](O)[C@H](O)[C@H]2O)[C@H](O)[C@H](O)[C@@H]1O.